The monoisotopic (exact) mass is 625 g/mol. The highest BCUT2D eigenvalue weighted by atomic mass is 79.9. The van der Waals surface area contributed by atoms with E-state index in [1.807, 2.05) is 107 Å². The molecule has 5 rings (SSSR count). The number of halogens is 1. The Labute approximate surface area is 252 Å². The van der Waals surface area contributed by atoms with E-state index in [0.717, 1.165) is 32.8 Å². The van der Waals surface area contributed by atoms with Gasteiger partial charge in [-0.05, 0) is 74.5 Å². The van der Waals surface area contributed by atoms with Crippen molar-refractivity contribution < 1.29 is 9.53 Å². The average molecular weight is 627 g/mol. The Kier molecular flexibility index (Phi) is 8.13. The first-order valence-corrected chi connectivity index (χ1v) is 14.3. The quantitative estimate of drug-likeness (QED) is 0.202. The Morgan fingerprint density at radius 1 is 1.02 bits per heavy atom. The lowest BCUT2D eigenvalue weighted by atomic mass is 9.95. The van der Waals surface area contributed by atoms with Gasteiger partial charge in [0.1, 0.15) is 11.6 Å². The molecule has 0 saturated carbocycles. The highest BCUT2D eigenvalue weighted by Crippen LogP contribution is 2.25. The highest BCUT2D eigenvalue weighted by molar-refractivity contribution is 9.10. The maximum absolute atomic E-state index is 13.5. The summed E-state index contributed by atoms with van der Waals surface area (Å²) in [6.45, 7) is 9.98. The van der Waals surface area contributed by atoms with E-state index < -0.39 is 5.41 Å². The van der Waals surface area contributed by atoms with Gasteiger partial charge in [0.05, 0.1) is 17.1 Å². The summed E-state index contributed by atoms with van der Waals surface area (Å²) in [5.41, 5.74) is 4.54. The molecule has 0 aliphatic heterocycles. The Hall–Kier alpha value is -4.50. The molecule has 0 atom stereocenters. The van der Waals surface area contributed by atoms with Crippen molar-refractivity contribution >= 4 is 44.6 Å². The Morgan fingerprint density at radius 2 is 1.74 bits per heavy atom. The molecule has 0 aliphatic rings. The van der Waals surface area contributed by atoms with Gasteiger partial charge in [-0.15, -0.1) is 0 Å². The minimum atomic E-state index is -0.402. The van der Waals surface area contributed by atoms with Crippen molar-refractivity contribution in [2.45, 2.75) is 40.0 Å². The van der Waals surface area contributed by atoms with E-state index >= 15 is 0 Å². The third-order valence-corrected chi connectivity index (χ3v) is 7.28. The second-order valence-corrected chi connectivity index (χ2v) is 12.0. The number of ether oxygens (including phenoxy) is 1. The number of amides is 1. The molecular weight excluding hydrogens is 594 g/mol. The van der Waals surface area contributed by atoms with Crippen molar-refractivity contribution in [2.75, 3.05) is 11.9 Å². The second-order valence-electron chi connectivity index (χ2n) is 11.1. The molecule has 0 saturated heterocycles. The fraction of sp³-hybridized carbons (Fsp3) is 0.212. The number of hydrogen-bond acceptors (Lipinski definition) is 5. The molecule has 5 aromatic rings. The van der Waals surface area contributed by atoms with Crippen LogP contribution in [0.3, 0.4) is 0 Å². The summed E-state index contributed by atoms with van der Waals surface area (Å²) in [4.78, 5) is 30.5. The lowest BCUT2D eigenvalue weighted by Crippen LogP contribution is -2.29. The Morgan fingerprint density at radius 3 is 2.43 bits per heavy atom. The van der Waals surface area contributed by atoms with E-state index in [-0.39, 0.29) is 18.1 Å². The normalized spacial score (nSPS) is 11.8. The molecule has 0 aliphatic carbocycles. The molecule has 3 aromatic carbocycles. The number of fused-ring (bicyclic) bond motifs is 1. The maximum atomic E-state index is 13.5. The van der Waals surface area contributed by atoms with Gasteiger partial charge in [-0.2, -0.15) is 9.78 Å². The van der Waals surface area contributed by atoms with Crippen molar-refractivity contribution in [3.63, 3.8) is 0 Å². The molecule has 0 radical (unpaired) electrons. The number of para-hydroxylation sites is 1. The lowest BCUT2D eigenvalue weighted by Gasteiger charge is -2.20. The number of nitrogens with zero attached hydrogens (tertiary/aromatic N) is 4. The zero-order valence-corrected chi connectivity index (χ0v) is 25.8. The van der Waals surface area contributed by atoms with E-state index in [2.05, 4.69) is 30.9 Å². The first-order chi connectivity index (χ1) is 20.0. The first-order valence-electron chi connectivity index (χ1n) is 13.6. The van der Waals surface area contributed by atoms with Gasteiger partial charge in [-0.3, -0.25) is 9.59 Å². The van der Waals surface area contributed by atoms with Gasteiger partial charge in [0.2, 0.25) is 0 Å². The van der Waals surface area contributed by atoms with Gasteiger partial charge in [0.15, 0.2) is 6.61 Å². The minimum absolute atomic E-state index is 0.0903. The molecule has 9 heteroatoms. The van der Waals surface area contributed by atoms with Crippen molar-refractivity contribution in [1.29, 1.82) is 0 Å². The molecule has 8 nitrogen and oxygen atoms in total. The molecule has 42 heavy (non-hydrogen) atoms. The van der Waals surface area contributed by atoms with Gasteiger partial charge in [-0.1, -0.05) is 54.9 Å². The zero-order chi connectivity index (χ0) is 30.0. The molecule has 0 spiro atoms. The first kappa shape index (κ1) is 29.0. The molecule has 0 fully saturated rings. The fourth-order valence-electron chi connectivity index (χ4n) is 4.74. The van der Waals surface area contributed by atoms with Crippen LogP contribution in [0.4, 0.5) is 5.69 Å². The van der Waals surface area contributed by atoms with Gasteiger partial charge >= 0.3 is 0 Å². The van der Waals surface area contributed by atoms with Crippen LogP contribution in [0, 0.1) is 13.8 Å². The number of aryl methyl sites for hydroxylation is 1. The van der Waals surface area contributed by atoms with Gasteiger partial charge in [-0.25, -0.2) is 4.98 Å². The number of anilines is 1. The van der Waals surface area contributed by atoms with E-state index in [0.29, 0.717) is 22.5 Å². The van der Waals surface area contributed by atoms with E-state index in [1.165, 1.54) is 4.68 Å². The largest absolute Gasteiger partial charge is 0.484 e. The summed E-state index contributed by atoms with van der Waals surface area (Å²) in [6.07, 6.45) is 1.71. The molecule has 214 valence electrons. The zero-order valence-electron chi connectivity index (χ0n) is 24.2. The van der Waals surface area contributed by atoms with Gasteiger partial charge in [0.25, 0.3) is 11.5 Å². The number of carbonyl (C=O) groups excluding carboxylic acids is 1. The number of hydrogen-bond donors (Lipinski definition) is 1. The number of nitrogens with one attached hydrogen (secondary N) is 1. The number of aromatic nitrogens is 3. The van der Waals surface area contributed by atoms with Crippen LogP contribution in [0.15, 0.2) is 93.2 Å². The summed E-state index contributed by atoms with van der Waals surface area (Å²) >= 11 is 3.46. The SMILES string of the molecule is Cc1cc(C=Nn2c(C(C)(C)C)nc3ccc(Br)cc3c2=O)c(C)n1-c1ccc(OCC(=O)Nc2ccccc2)cc1. The average Bonchev–Trinajstić information content (AvgIpc) is 3.24. The van der Waals surface area contributed by atoms with E-state index in [4.69, 9.17) is 9.72 Å². The van der Waals surface area contributed by atoms with Crippen LogP contribution in [0.25, 0.3) is 16.6 Å². The molecule has 1 amide bonds. The summed E-state index contributed by atoms with van der Waals surface area (Å²) < 4.78 is 10.0. The van der Waals surface area contributed by atoms with Crippen LogP contribution in [0.2, 0.25) is 0 Å². The smallest absolute Gasteiger partial charge is 0.282 e. The van der Waals surface area contributed by atoms with Crippen LogP contribution >= 0.6 is 15.9 Å². The summed E-state index contributed by atoms with van der Waals surface area (Å²) in [6, 6.07) is 24.4. The molecule has 1 N–H and O–H groups in total. The minimum Gasteiger partial charge on any atom is -0.484 e. The van der Waals surface area contributed by atoms with Gasteiger partial charge < -0.3 is 14.6 Å². The van der Waals surface area contributed by atoms with Crippen molar-refractivity contribution in [3.8, 4) is 11.4 Å². The second kappa shape index (κ2) is 11.8. The molecule has 0 unspecified atom stereocenters. The topological polar surface area (TPSA) is 90.5 Å². The molecular formula is C33H32BrN5O3. The Balaban J connectivity index is 1.38. The number of benzene rings is 3. The van der Waals surface area contributed by atoms with Crippen LogP contribution in [0.1, 0.15) is 43.5 Å². The summed E-state index contributed by atoms with van der Waals surface area (Å²) in [5.74, 6) is 0.949. The molecule has 0 bridgehead atoms. The molecule has 2 heterocycles. The van der Waals surface area contributed by atoms with Crippen molar-refractivity contribution in [1.82, 2.24) is 14.2 Å². The standard InChI is InChI=1S/C33H32BrN5O3/c1-21-17-23(19-35-39-31(41)28-18-24(34)11-16-29(28)37-32(39)33(3,4)5)22(2)38(21)26-12-14-27(15-13-26)42-20-30(40)36-25-9-7-6-8-10-25/h6-19H,20H2,1-5H3,(H,36,40). The van der Waals surface area contributed by atoms with Crippen LogP contribution in [0.5, 0.6) is 5.75 Å². The van der Waals surface area contributed by atoms with Crippen molar-refractivity contribution in [2.24, 2.45) is 5.10 Å². The predicted molar refractivity (Wildman–Crippen MR) is 171 cm³/mol. The summed E-state index contributed by atoms with van der Waals surface area (Å²) in [5, 5.41) is 7.96. The number of carbonyl (C=O) groups is 1. The fourth-order valence-corrected chi connectivity index (χ4v) is 5.10. The highest BCUT2D eigenvalue weighted by Gasteiger charge is 2.23. The third-order valence-electron chi connectivity index (χ3n) is 6.78. The third kappa shape index (κ3) is 6.21. The van der Waals surface area contributed by atoms with Crippen LogP contribution < -0.4 is 15.6 Å². The van der Waals surface area contributed by atoms with Crippen LogP contribution in [-0.2, 0) is 10.2 Å². The number of rotatable bonds is 7. The Bertz CT molecular complexity index is 1850. The van der Waals surface area contributed by atoms with E-state index in [1.54, 1.807) is 12.3 Å². The van der Waals surface area contributed by atoms with Crippen LogP contribution in [-0.4, -0.2) is 33.0 Å². The lowest BCUT2D eigenvalue weighted by molar-refractivity contribution is -0.118. The summed E-state index contributed by atoms with van der Waals surface area (Å²) in [7, 11) is 0. The van der Waals surface area contributed by atoms with E-state index in [9.17, 15) is 9.59 Å². The predicted octanol–water partition coefficient (Wildman–Crippen LogP) is 6.76. The van der Waals surface area contributed by atoms with Crippen molar-refractivity contribution in [3.05, 3.63) is 116 Å². The molecule has 2 aromatic heterocycles. The van der Waals surface area contributed by atoms with Gasteiger partial charge in [0, 0.05) is 38.2 Å². The maximum Gasteiger partial charge on any atom is 0.282 e.